The number of rotatable bonds is 7. The van der Waals surface area contributed by atoms with Crippen LogP contribution in [0.2, 0.25) is 0 Å². The molecule has 0 saturated carbocycles. The van der Waals surface area contributed by atoms with Gasteiger partial charge in [-0.1, -0.05) is 18.2 Å². The molecule has 0 unspecified atom stereocenters. The molecule has 0 bridgehead atoms. The highest BCUT2D eigenvalue weighted by molar-refractivity contribution is 7.14. The van der Waals surface area contributed by atoms with E-state index in [1.807, 2.05) is 24.3 Å². The van der Waals surface area contributed by atoms with E-state index in [4.69, 9.17) is 4.74 Å². The first kappa shape index (κ1) is 24.8. The Morgan fingerprint density at radius 2 is 1.61 bits per heavy atom. The van der Waals surface area contributed by atoms with Gasteiger partial charge in [0.25, 0.3) is 5.91 Å². The van der Waals surface area contributed by atoms with E-state index in [1.54, 1.807) is 69.6 Å². The zero-order valence-corrected chi connectivity index (χ0v) is 20.9. The molecular weight excluding hydrogens is 476 g/mol. The van der Waals surface area contributed by atoms with Gasteiger partial charge in [-0.3, -0.25) is 15.1 Å². The van der Waals surface area contributed by atoms with Crippen molar-refractivity contribution in [3.8, 4) is 11.4 Å². The van der Waals surface area contributed by atoms with E-state index < -0.39 is 11.7 Å². The van der Waals surface area contributed by atoms with E-state index in [2.05, 4.69) is 30.9 Å². The quantitative estimate of drug-likeness (QED) is 0.292. The summed E-state index contributed by atoms with van der Waals surface area (Å²) in [4.78, 5) is 39.6. The first-order chi connectivity index (χ1) is 17.3. The van der Waals surface area contributed by atoms with E-state index in [0.29, 0.717) is 28.7 Å². The molecule has 0 fully saturated rings. The van der Waals surface area contributed by atoms with Gasteiger partial charge in [-0.2, -0.15) is 0 Å². The predicted octanol–water partition coefficient (Wildman–Crippen LogP) is 5.81. The van der Waals surface area contributed by atoms with Crippen molar-refractivity contribution in [2.24, 2.45) is 0 Å². The van der Waals surface area contributed by atoms with Crippen molar-refractivity contribution in [1.82, 2.24) is 15.0 Å². The Morgan fingerprint density at radius 1 is 0.861 bits per heavy atom. The number of carbonyl (C=O) groups excluding carboxylic acids is 2. The lowest BCUT2D eigenvalue weighted by molar-refractivity contribution is 0.0635. The van der Waals surface area contributed by atoms with Gasteiger partial charge in [-0.05, 0) is 63.2 Å². The fourth-order valence-electron chi connectivity index (χ4n) is 3.16. The molecule has 0 aliphatic rings. The van der Waals surface area contributed by atoms with Crippen molar-refractivity contribution in [3.05, 3.63) is 82.8 Å². The first-order valence-corrected chi connectivity index (χ1v) is 12.1. The lowest BCUT2D eigenvalue weighted by Gasteiger charge is -2.20. The van der Waals surface area contributed by atoms with Gasteiger partial charge in [0, 0.05) is 17.3 Å². The van der Waals surface area contributed by atoms with Crippen LogP contribution in [0.4, 0.5) is 22.1 Å². The summed E-state index contributed by atoms with van der Waals surface area (Å²) in [5.41, 5.74) is 1.77. The minimum atomic E-state index is -0.630. The maximum atomic E-state index is 12.9. The number of nitrogens with one attached hydrogen (secondary N) is 3. The number of amides is 2. The van der Waals surface area contributed by atoms with Gasteiger partial charge in [0.15, 0.2) is 0 Å². The highest BCUT2D eigenvalue weighted by Crippen LogP contribution is 2.25. The smallest absolute Gasteiger partial charge is 0.412 e. The van der Waals surface area contributed by atoms with Crippen molar-refractivity contribution in [2.75, 3.05) is 16.0 Å². The Bertz CT molecular complexity index is 1350. The third-order valence-electron chi connectivity index (χ3n) is 4.70. The second kappa shape index (κ2) is 11.0. The fraction of sp³-hybridized carbons (Fsp3) is 0.192. The van der Waals surface area contributed by atoms with Crippen LogP contribution in [0, 0.1) is 0 Å². The molecule has 3 heterocycles. The Morgan fingerprint density at radius 3 is 2.33 bits per heavy atom. The van der Waals surface area contributed by atoms with Crippen LogP contribution in [0.1, 0.15) is 35.3 Å². The molecule has 184 valence electrons. The zero-order chi connectivity index (χ0) is 25.5. The topological polar surface area (TPSA) is 118 Å². The van der Waals surface area contributed by atoms with Crippen LogP contribution in [0.15, 0.2) is 73.1 Å². The third kappa shape index (κ3) is 6.86. The molecule has 2 amide bonds. The maximum absolute atomic E-state index is 12.9. The number of aromatic nitrogens is 3. The largest absolute Gasteiger partial charge is 0.444 e. The van der Waals surface area contributed by atoms with Crippen LogP contribution < -0.4 is 16.0 Å². The van der Waals surface area contributed by atoms with Crippen LogP contribution in [-0.4, -0.2) is 32.6 Å². The van der Waals surface area contributed by atoms with Gasteiger partial charge in [-0.15, -0.1) is 11.3 Å². The first-order valence-electron chi connectivity index (χ1n) is 11.2. The summed E-state index contributed by atoms with van der Waals surface area (Å²) in [6, 6.07) is 18.0. The van der Waals surface area contributed by atoms with Gasteiger partial charge < -0.3 is 15.4 Å². The summed E-state index contributed by atoms with van der Waals surface area (Å²) < 4.78 is 5.30. The molecule has 3 aromatic heterocycles. The lowest BCUT2D eigenvalue weighted by Crippen LogP contribution is -2.27. The van der Waals surface area contributed by atoms with Crippen molar-refractivity contribution in [2.45, 2.75) is 32.9 Å². The number of para-hydroxylation sites is 2. The molecule has 0 spiro atoms. The van der Waals surface area contributed by atoms with E-state index in [9.17, 15) is 9.59 Å². The number of ether oxygens (including phenoxy) is 1. The second-order valence-corrected chi connectivity index (χ2v) is 9.89. The van der Waals surface area contributed by atoms with Gasteiger partial charge >= 0.3 is 6.09 Å². The van der Waals surface area contributed by atoms with E-state index in [0.717, 1.165) is 16.3 Å². The van der Waals surface area contributed by atoms with Crippen LogP contribution in [0.25, 0.3) is 11.4 Å². The zero-order valence-electron chi connectivity index (χ0n) is 20.1. The molecule has 4 rings (SSSR count). The normalized spacial score (nSPS) is 11.0. The number of nitrogens with zero attached hydrogens (tertiary/aromatic N) is 3. The molecule has 0 radical (unpaired) electrons. The molecule has 0 aliphatic carbocycles. The summed E-state index contributed by atoms with van der Waals surface area (Å²) in [7, 11) is 0. The van der Waals surface area contributed by atoms with Gasteiger partial charge in [-0.25, -0.2) is 14.8 Å². The average Bonchev–Trinajstić information content (AvgIpc) is 3.33. The Hall–Kier alpha value is -4.31. The van der Waals surface area contributed by atoms with Crippen molar-refractivity contribution in [1.29, 1.82) is 0 Å². The standard InChI is InChI=1S/C26H26N6O3S/c1-26(2,3)35-25(34)32-20-10-5-4-9-19(20)30-23(33)22-12-11-17(36-22)16-29-24-28-15-13-21(31-24)18-8-6-7-14-27-18/h4-15H,16H2,1-3H3,(H,30,33)(H,32,34)(H,28,29,31). The summed E-state index contributed by atoms with van der Waals surface area (Å²) >= 11 is 1.35. The maximum Gasteiger partial charge on any atom is 0.412 e. The minimum absolute atomic E-state index is 0.280. The molecule has 1 aromatic carbocycles. The van der Waals surface area contributed by atoms with Crippen molar-refractivity contribution < 1.29 is 14.3 Å². The second-order valence-electron chi connectivity index (χ2n) is 8.73. The van der Waals surface area contributed by atoms with Crippen LogP contribution in [0.5, 0.6) is 0 Å². The number of thiophene rings is 1. The molecular formula is C26H26N6O3S. The number of carbonyl (C=O) groups is 2. The summed E-state index contributed by atoms with van der Waals surface area (Å²) in [6.07, 6.45) is 2.80. The summed E-state index contributed by atoms with van der Waals surface area (Å²) in [5.74, 6) is 0.192. The minimum Gasteiger partial charge on any atom is -0.444 e. The van der Waals surface area contributed by atoms with E-state index in [1.165, 1.54) is 11.3 Å². The Balaban J connectivity index is 1.37. The molecule has 36 heavy (non-hydrogen) atoms. The Kier molecular flexibility index (Phi) is 7.55. The van der Waals surface area contributed by atoms with E-state index >= 15 is 0 Å². The number of pyridine rings is 1. The lowest BCUT2D eigenvalue weighted by atomic mass is 10.2. The van der Waals surface area contributed by atoms with Crippen LogP contribution in [-0.2, 0) is 11.3 Å². The third-order valence-corrected chi connectivity index (χ3v) is 5.78. The molecule has 0 atom stereocenters. The van der Waals surface area contributed by atoms with Gasteiger partial charge in [0.2, 0.25) is 5.95 Å². The summed E-state index contributed by atoms with van der Waals surface area (Å²) in [6.45, 7) is 5.81. The highest BCUT2D eigenvalue weighted by atomic mass is 32.1. The number of anilines is 3. The number of hydrogen-bond donors (Lipinski definition) is 3. The number of benzene rings is 1. The molecule has 0 saturated heterocycles. The number of hydrogen-bond acceptors (Lipinski definition) is 8. The van der Waals surface area contributed by atoms with Crippen molar-refractivity contribution in [3.63, 3.8) is 0 Å². The molecule has 10 heteroatoms. The predicted molar refractivity (Wildman–Crippen MR) is 141 cm³/mol. The highest BCUT2D eigenvalue weighted by Gasteiger charge is 2.18. The van der Waals surface area contributed by atoms with Crippen LogP contribution >= 0.6 is 11.3 Å². The van der Waals surface area contributed by atoms with Crippen molar-refractivity contribution >= 4 is 40.7 Å². The fourth-order valence-corrected chi connectivity index (χ4v) is 4.00. The monoisotopic (exact) mass is 502 g/mol. The van der Waals surface area contributed by atoms with Gasteiger partial charge in [0.1, 0.15) is 5.60 Å². The average molecular weight is 503 g/mol. The summed E-state index contributed by atoms with van der Waals surface area (Å²) in [5, 5.41) is 8.73. The van der Waals surface area contributed by atoms with Gasteiger partial charge in [0.05, 0.1) is 34.2 Å². The Labute approximate surface area is 213 Å². The molecule has 9 nitrogen and oxygen atoms in total. The SMILES string of the molecule is CC(C)(C)OC(=O)Nc1ccccc1NC(=O)c1ccc(CNc2nccc(-c3ccccn3)n2)s1. The van der Waals surface area contributed by atoms with E-state index in [-0.39, 0.29) is 5.91 Å². The molecule has 0 aliphatic heterocycles. The molecule has 3 N–H and O–H groups in total. The van der Waals surface area contributed by atoms with Crippen LogP contribution in [0.3, 0.4) is 0 Å². The molecule has 4 aromatic rings.